The van der Waals surface area contributed by atoms with E-state index in [0.717, 1.165) is 25.7 Å². The number of methoxy groups -OCH3 is 2. The van der Waals surface area contributed by atoms with Crippen molar-refractivity contribution in [2.75, 3.05) is 47.1 Å². The summed E-state index contributed by atoms with van der Waals surface area (Å²) in [5.74, 6) is -0.156. The van der Waals surface area contributed by atoms with E-state index in [-0.39, 0.29) is 47.1 Å². The predicted octanol–water partition coefficient (Wildman–Crippen LogP) is 2.25. The fourth-order valence-corrected chi connectivity index (χ4v) is 6.08. The molecule has 186 valence electrons. The molecule has 0 saturated heterocycles. The summed E-state index contributed by atoms with van der Waals surface area (Å²) in [6, 6.07) is -0.121. The summed E-state index contributed by atoms with van der Waals surface area (Å²) in [7, 11) is 3.26. The average Bonchev–Trinajstić information content (AvgIpc) is 2.75. The lowest BCUT2D eigenvalue weighted by atomic mass is 9.51. The SMILES string of the molecule is CCNC(=O)NC1CCC2(C)CCC(C(C)C(=O)N(CCOC)CCOC)C(O)C2C1C. The number of carbonyl (C=O) groups excluding carboxylic acids is 2. The summed E-state index contributed by atoms with van der Waals surface area (Å²) in [4.78, 5) is 27.3. The second-order valence-electron chi connectivity index (χ2n) is 9.98. The molecule has 8 nitrogen and oxygen atoms in total. The maximum atomic E-state index is 13.3. The molecule has 8 heteroatoms. The molecule has 0 radical (unpaired) electrons. The van der Waals surface area contributed by atoms with Crippen molar-refractivity contribution in [3.8, 4) is 0 Å². The standard InChI is InChI=1S/C24H45N3O5/c1-7-25-23(30)26-19-9-11-24(4)10-8-18(21(28)20(24)17(19)3)16(2)22(29)27(12-14-31-5)13-15-32-6/h16-21,28H,7-15H2,1-6H3,(H2,25,26,30). The van der Waals surface area contributed by atoms with Crippen molar-refractivity contribution in [3.63, 3.8) is 0 Å². The van der Waals surface area contributed by atoms with Gasteiger partial charge in [-0.05, 0) is 55.8 Å². The average molecular weight is 456 g/mol. The lowest BCUT2D eigenvalue weighted by molar-refractivity contribution is -0.151. The molecule has 0 aliphatic heterocycles. The van der Waals surface area contributed by atoms with Crippen LogP contribution in [0.25, 0.3) is 0 Å². The summed E-state index contributed by atoms with van der Waals surface area (Å²) < 4.78 is 10.4. The molecule has 0 aromatic rings. The van der Waals surface area contributed by atoms with Crippen LogP contribution < -0.4 is 10.6 Å². The first-order valence-corrected chi connectivity index (χ1v) is 12.2. The van der Waals surface area contributed by atoms with Crippen LogP contribution in [-0.2, 0) is 14.3 Å². The Hall–Kier alpha value is -1.38. The molecule has 2 aliphatic rings. The number of nitrogens with zero attached hydrogens (tertiary/aromatic N) is 1. The molecule has 0 aromatic carbocycles. The first kappa shape index (κ1) is 26.9. The van der Waals surface area contributed by atoms with E-state index in [1.807, 2.05) is 13.8 Å². The Balaban J connectivity index is 2.14. The molecule has 3 amide bonds. The lowest BCUT2D eigenvalue weighted by Gasteiger charge is -2.56. The number of amides is 3. The number of hydrogen-bond acceptors (Lipinski definition) is 5. The third-order valence-electron chi connectivity index (χ3n) is 8.02. The maximum Gasteiger partial charge on any atom is 0.315 e. The van der Waals surface area contributed by atoms with Gasteiger partial charge in [0.1, 0.15) is 0 Å². The number of aliphatic hydroxyl groups is 1. The Morgan fingerprint density at radius 2 is 1.75 bits per heavy atom. The largest absolute Gasteiger partial charge is 0.392 e. The van der Waals surface area contributed by atoms with Crippen molar-refractivity contribution in [1.82, 2.24) is 15.5 Å². The van der Waals surface area contributed by atoms with Gasteiger partial charge in [0.05, 0.1) is 19.3 Å². The van der Waals surface area contributed by atoms with Crippen molar-refractivity contribution in [2.45, 2.75) is 65.5 Å². The summed E-state index contributed by atoms with van der Waals surface area (Å²) >= 11 is 0. The number of carbonyl (C=O) groups is 2. The molecule has 2 rings (SSSR count). The molecule has 3 N–H and O–H groups in total. The highest BCUT2D eigenvalue weighted by molar-refractivity contribution is 5.79. The van der Waals surface area contributed by atoms with Gasteiger partial charge in [0.15, 0.2) is 0 Å². The highest BCUT2D eigenvalue weighted by Gasteiger charge is 2.54. The molecule has 7 atom stereocenters. The molecular formula is C24H45N3O5. The highest BCUT2D eigenvalue weighted by atomic mass is 16.5. The van der Waals surface area contributed by atoms with Gasteiger partial charge in [0.25, 0.3) is 0 Å². The zero-order valence-corrected chi connectivity index (χ0v) is 20.9. The van der Waals surface area contributed by atoms with E-state index in [4.69, 9.17) is 9.47 Å². The second-order valence-corrected chi connectivity index (χ2v) is 9.98. The molecule has 0 spiro atoms. The van der Waals surface area contributed by atoms with Crippen molar-refractivity contribution in [3.05, 3.63) is 0 Å². The molecule has 2 fully saturated rings. The van der Waals surface area contributed by atoms with E-state index < -0.39 is 6.10 Å². The van der Waals surface area contributed by atoms with Crippen molar-refractivity contribution < 1.29 is 24.2 Å². The van der Waals surface area contributed by atoms with Gasteiger partial charge in [-0.25, -0.2) is 4.79 Å². The summed E-state index contributed by atoms with van der Waals surface area (Å²) in [5.41, 5.74) is 0.0311. The quantitative estimate of drug-likeness (QED) is 0.469. The maximum absolute atomic E-state index is 13.3. The Bertz CT molecular complexity index is 610. The van der Waals surface area contributed by atoms with Crippen LogP contribution in [0.5, 0.6) is 0 Å². The van der Waals surface area contributed by atoms with Crippen molar-refractivity contribution in [2.24, 2.45) is 29.1 Å². The van der Waals surface area contributed by atoms with Gasteiger partial charge >= 0.3 is 6.03 Å². The number of ether oxygens (including phenoxy) is 2. The van der Waals surface area contributed by atoms with E-state index in [0.29, 0.717) is 32.8 Å². The zero-order chi connectivity index (χ0) is 23.9. The number of hydrogen-bond donors (Lipinski definition) is 3. The fraction of sp³-hybridized carbons (Fsp3) is 0.917. The van der Waals surface area contributed by atoms with Gasteiger partial charge in [-0.3, -0.25) is 4.79 Å². The van der Waals surface area contributed by atoms with E-state index in [9.17, 15) is 14.7 Å². The number of urea groups is 1. The minimum Gasteiger partial charge on any atom is -0.392 e. The van der Waals surface area contributed by atoms with E-state index in [1.165, 1.54) is 0 Å². The minimum atomic E-state index is -0.576. The first-order valence-electron chi connectivity index (χ1n) is 12.2. The van der Waals surface area contributed by atoms with Crippen LogP contribution in [0.3, 0.4) is 0 Å². The Morgan fingerprint density at radius 1 is 1.16 bits per heavy atom. The molecule has 7 unspecified atom stereocenters. The lowest BCUT2D eigenvalue weighted by Crippen LogP contribution is -2.59. The Morgan fingerprint density at radius 3 is 2.31 bits per heavy atom. The van der Waals surface area contributed by atoms with Gasteiger partial charge < -0.3 is 30.1 Å². The molecule has 0 heterocycles. The number of rotatable bonds is 10. The van der Waals surface area contributed by atoms with Crippen LogP contribution in [0.4, 0.5) is 4.79 Å². The smallest absolute Gasteiger partial charge is 0.315 e. The molecule has 2 saturated carbocycles. The first-order chi connectivity index (χ1) is 15.2. The van der Waals surface area contributed by atoms with Crippen molar-refractivity contribution in [1.29, 1.82) is 0 Å². The third kappa shape index (κ3) is 6.14. The van der Waals surface area contributed by atoms with E-state index in [2.05, 4.69) is 24.5 Å². The second kappa shape index (κ2) is 12.2. The molecule has 0 bridgehead atoms. The summed E-state index contributed by atoms with van der Waals surface area (Å²) in [6.07, 6.45) is 3.14. The molecule has 0 aromatic heterocycles. The highest BCUT2D eigenvalue weighted by Crippen LogP contribution is 2.55. The van der Waals surface area contributed by atoms with Gasteiger partial charge in [-0.2, -0.15) is 0 Å². The number of fused-ring (bicyclic) bond motifs is 1. The Labute approximate surface area is 193 Å². The monoisotopic (exact) mass is 455 g/mol. The molecule has 32 heavy (non-hydrogen) atoms. The van der Waals surface area contributed by atoms with Gasteiger partial charge in [-0.1, -0.05) is 20.8 Å². The van der Waals surface area contributed by atoms with Crippen LogP contribution in [0.15, 0.2) is 0 Å². The van der Waals surface area contributed by atoms with Gasteiger partial charge in [0.2, 0.25) is 5.91 Å². The normalized spacial score (nSPS) is 33.2. The van der Waals surface area contributed by atoms with Gasteiger partial charge in [0, 0.05) is 45.8 Å². The van der Waals surface area contributed by atoms with Crippen LogP contribution in [0, 0.1) is 29.1 Å². The van der Waals surface area contributed by atoms with Crippen LogP contribution >= 0.6 is 0 Å². The number of aliphatic hydroxyl groups excluding tert-OH is 1. The minimum absolute atomic E-state index is 0.0268. The van der Waals surface area contributed by atoms with Crippen molar-refractivity contribution >= 4 is 11.9 Å². The zero-order valence-electron chi connectivity index (χ0n) is 20.9. The fourth-order valence-electron chi connectivity index (χ4n) is 6.08. The van der Waals surface area contributed by atoms with Crippen LogP contribution in [0.2, 0.25) is 0 Å². The van der Waals surface area contributed by atoms with Crippen LogP contribution in [0.1, 0.15) is 53.4 Å². The van der Waals surface area contributed by atoms with Gasteiger partial charge in [-0.15, -0.1) is 0 Å². The molecular weight excluding hydrogens is 410 g/mol. The number of nitrogens with one attached hydrogen (secondary N) is 2. The van der Waals surface area contributed by atoms with E-state index >= 15 is 0 Å². The summed E-state index contributed by atoms with van der Waals surface area (Å²) in [6.45, 7) is 10.8. The third-order valence-corrected chi connectivity index (χ3v) is 8.02. The van der Waals surface area contributed by atoms with Crippen LogP contribution in [-0.4, -0.2) is 81.2 Å². The molecule has 2 aliphatic carbocycles. The predicted molar refractivity (Wildman–Crippen MR) is 124 cm³/mol. The Kier molecular flexibility index (Phi) is 10.2. The van der Waals surface area contributed by atoms with E-state index in [1.54, 1.807) is 19.1 Å². The topological polar surface area (TPSA) is 100 Å². The summed E-state index contributed by atoms with van der Waals surface area (Å²) in [5, 5.41) is 17.5.